The van der Waals surface area contributed by atoms with Gasteiger partial charge in [-0.1, -0.05) is 84.9 Å². The second-order valence-corrected chi connectivity index (χ2v) is 6.57. The van der Waals surface area contributed by atoms with Crippen LogP contribution in [0.25, 0.3) is 0 Å². The topological polar surface area (TPSA) is 41.8 Å². The Bertz CT molecular complexity index is 1000. The smallest absolute Gasteiger partial charge is 0.213 e. The summed E-state index contributed by atoms with van der Waals surface area (Å²) in [6.45, 7) is 0. The normalized spacial score (nSPS) is 15.4. The fraction of sp³-hybridized carbons (Fsp3) is 0.125. The van der Waals surface area contributed by atoms with Gasteiger partial charge in [-0.05, 0) is 24.8 Å². The SMILES string of the molecule is O=C(C(=NN=C1CCCc2ccccc21)c1ccccc1)c1ccccc1. The van der Waals surface area contributed by atoms with Crippen LogP contribution in [0.15, 0.2) is 95.1 Å². The zero-order valence-corrected chi connectivity index (χ0v) is 15.0. The molecule has 3 aromatic carbocycles. The molecule has 1 aliphatic carbocycles. The number of benzene rings is 3. The number of carbonyl (C=O) groups excluding carboxylic acids is 1. The number of nitrogens with zero attached hydrogens (tertiary/aromatic N) is 2. The average Bonchev–Trinajstić information content (AvgIpc) is 2.75. The molecule has 3 heteroatoms. The molecule has 0 fully saturated rings. The molecule has 0 unspecified atom stereocenters. The van der Waals surface area contributed by atoms with Crippen molar-refractivity contribution in [3.05, 3.63) is 107 Å². The van der Waals surface area contributed by atoms with Gasteiger partial charge in [0.25, 0.3) is 0 Å². The third-order valence-electron chi connectivity index (χ3n) is 4.76. The van der Waals surface area contributed by atoms with E-state index in [1.807, 2.05) is 66.7 Å². The predicted molar refractivity (Wildman–Crippen MR) is 110 cm³/mol. The maximum atomic E-state index is 13.1. The summed E-state index contributed by atoms with van der Waals surface area (Å²) < 4.78 is 0. The molecule has 27 heavy (non-hydrogen) atoms. The summed E-state index contributed by atoms with van der Waals surface area (Å²) in [5, 5.41) is 8.98. The Balaban J connectivity index is 1.77. The zero-order valence-electron chi connectivity index (χ0n) is 15.0. The molecular formula is C24H20N2O. The van der Waals surface area contributed by atoms with E-state index >= 15 is 0 Å². The molecule has 4 rings (SSSR count). The number of fused-ring (bicyclic) bond motifs is 1. The van der Waals surface area contributed by atoms with Crippen LogP contribution in [0.5, 0.6) is 0 Å². The number of hydrogen-bond donors (Lipinski definition) is 0. The van der Waals surface area contributed by atoms with Crippen molar-refractivity contribution in [1.29, 1.82) is 0 Å². The summed E-state index contributed by atoms with van der Waals surface area (Å²) in [6.07, 6.45) is 2.99. The van der Waals surface area contributed by atoms with Crippen LogP contribution < -0.4 is 0 Å². The van der Waals surface area contributed by atoms with E-state index in [4.69, 9.17) is 0 Å². The van der Waals surface area contributed by atoms with Gasteiger partial charge in [-0.2, -0.15) is 5.10 Å². The van der Waals surface area contributed by atoms with E-state index in [9.17, 15) is 4.79 Å². The lowest BCUT2D eigenvalue weighted by atomic mass is 9.90. The Labute approximate surface area is 159 Å². The second kappa shape index (κ2) is 7.92. The van der Waals surface area contributed by atoms with Crippen LogP contribution in [0, 0.1) is 0 Å². The standard InChI is InChI=1S/C24H20N2O/c27-24(20-13-5-2-6-14-20)23(19-11-3-1-4-12-19)26-25-22-17-9-15-18-10-7-8-16-21(18)22/h1-8,10-14,16H,9,15,17H2. The van der Waals surface area contributed by atoms with Gasteiger partial charge in [-0.15, -0.1) is 5.10 Å². The molecule has 0 radical (unpaired) electrons. The minimum Gasteiger partial charge on any atom is -0.287 e. The molecular weight excluding hydrogens is 332 g/mol. The maximum Gasteiger partial charge on any atom is 0.213 e. The van der Waals surface area contributed by atoms with Crippen LogP contribution in [0.4, 0.5) is 0 Å². The van der Waals surface area contributed by atoms with Crippen LogP contribution in [0.1, 0.15) is 39.9 Å². The van der Waals surface area contributed by atoms with Crippen molar-refractivity contribution < 1.29 is 4.79 Å². The highest BCUT2D eigenvalue weighted by Gasteiger charge is 2.18. The first kappa shape index (κ1) is 17.1. The maximum absolute atomic E-state index is 13.1. The van der Waals surface area contributed by atoms with E-state index in [1.165, 1.54) is 5.56 Å². The quantitative estimate of drug-likeness (QED) is 0.366. The Hall–Kier alpha value is -3.33. The monoisotopic (exact) mass is 352 g/mol. The first-order valence-electron chi connectivity index (χ1n) is 9.21. The van der Waals surface area contributed by atoms with E-state index in [2.05, 4.69) is 28.4 Å². The second-order valence-electron chi connectivity index (χ2n) is 6.57. The minimum absolute atomic E-state index is 0.116. The van der Waals surface area contributed by atoms with E-state index in [0.29, 0.717) is 11.3 Å². The van der Waals surface area contributed by atoms with E-state index in [1.54, 1.807) is 0 Å². The molecule has 0 aliphatic heterocycles. The van der Waals surface area contributed by atoms with Crippen LogP contribution >= 0.6 is 0 Å². The number of hydrogen-bond acceptors (Lipinski definition) is 3. The van der Waals surface area contributed by atoms with Crippen molar-refractivity contribution in [3.63, 3.8) is 0 Å². The van der Waals surface area contributed by atoms with Gasteiger partial charge in [-0.25, -0.2) is 0 Å². The summed E-state index contributed by atoms with van der Waals surface area (Å²) in [5.41, 5.74) is 5.16. The number of Topliss-reactive ketones (excluding diaryl/α,β-unsaturated/α-hetero) is 1. The number of ketones is 1. The average molecular weight is 352 g/mol. The molecule has 3 aromatic rings. The highest BCUT2D eigenvalue weighted by Crippen LogP contribution is 2.22. The molecule has 0 N–H and O–H groups in total. The van der Waals surface area contributed by atoms with Gasteiger partial charge >= 0.3 is 0 Å². The van der Waals surface area contributed by atoms with Crippen molar-refractivity contribution in [3.8, 4) is 0 Å². The highest BCUT2D eigenvalue weighted by molar-refractivity contribution is 6.51. The largest absolute Gasteiger partial charge is 0.287 e. The Morgan fingerprint density at radius 1 is 0.704 bits per heavy atom. The first-order chi connectivity index (χ1) is 13.3. The molecule has 132 valence electrons. The van der Waals surface area contributed by atoms with E-state index in [-0.39, 0.29) is 5.78 Å². The van der Waals surface area contributed by atoms with Crippen molar-refractivity contribution >= 4 is 17.2 Å². The summed E-state index contributed by atoms with van der Waals surface area (Å²) >= 11 is 0. The van der Waals surface area contributed by atoms with Crippen LogP contribution in [0.3, 0.4) is 0 Å². The Morgan fingerprint density at radius 2 is 1.33 bits per heavy atom. The lowest BCUT2D eigenvalue weighted by Crippen LogP contribution is -2.16. The van der Waals surface area contributed by atoms with Crippen LogP contribution in [0.2, 0.25) is 0 Å². The molecule has 0 atom stereocenters. The lowest BCUT2D eigenvalue weighted by Gasteiger charge is -2.16. The minimum atomic E-state index is -0.116. The molecule has 3 nitrogen and oxygen atoms in total. The molecule has 0 saturated carbocycles. The van der Waals surface area contributed by atoms with Crippen molar-refractivity contribution in [1.82, 2.24) is 0 Å². The number of rotatable bonds is 4. The van der Waals surface area contributed by atoms with E-state index < -0.39 is 0 Å². The molecule has 0 saturated heterocycles. The molecule has 0 amide bonds. The van der Waals surface area contributed by atoms with Gasteiger partial charge in [0.15, 0.2) is 0 Å². The number of aryl methyl sites for hydroxylation is 1. The molecule has 0 heterocycles. The predicted octanol–water partition coefficient (Wildman–Crippen LogP) is 5.10. The van der Waals surface area contributed by atoms with Gasteiger partial charge in [0.05, 0.1) is 5.71 Å². The van der Waals surface area contributed by atoms with Crippen molar-refractivity contribution in [2.45, 2.75) is 19.3 Å². The Morgan fingerprint density at radius 3 is 2.07 bits per heavy atom. The van der Waals surface area contributed by atoms with Crippen molar-refractivity contribution in [2.75, 3.05) is 0 Å². The zero-order chi connectivity index (χ0) is 18.5. The summed E-state index contributed by atoms with van der Waals surface area (Å²) in [6, 6.07) is 27.1. The van der Waals surface area contributed by atoms with Crippen LogP contribution in [-0.2, 0) is 6.42 Å². The van der Waals surface area contributed by atoms with E-state index in [0.717, 1.165) is 36.1 Å². The summed E-state index contributed by atoms with van der Waals surface area (Å²) in [4.78, 5) is 13.1. The lowest BCUT2D eigenvalue weighted by molar-refractivity contribution is 0.106. The van der Waals surface area contributed by atoms with Gasteiger partial charge in [-0.3, -0.25) is 4.79 Å². The van der Waals surface area contributed by atoms with Crippen LogP contribution in [-0.4, -0.2) is 17.2 Å². The van der Waals surface area contributed by atoms with Gasteiger partial charge in [0.1, 0.15) is 5.71 Å². The van der Waals surface area contributed by atoms with Gasteiger partial charge in [0, 0.05) is 16.7 Å². The number of carbonyl (C=O) groups is 1. The first-order valence-corrected chi connectivity index (χ1v) is 9.21. The highest BCUT2D eigenvalue weighted by atomic mass is 16.1. The molecule has 0 spiro atoms. The fourth-order valence-corrected chi connectivity index (χ4v) is 3.37. The molecule has 0 bridgehead atoms. The third-order valence-corrected chi connectivity index (χ3v) is 4.76. The van der Waals surface area contributed by atoms with Crippen molar-refractivity contribution in [2.24, 2.45) is 10.2 Å². The molecule has 1 aliphatic rings. The summed E-state index contributed by atoms with van der Waals surface area (Å²) in [7, 11) is 0. The third kappa shape index (κ3) is 3.77. The fourth-order valence-electron chi connectivity index (χ4n) is 3.37. The van der Waals surface area contributed by atoms with Gasteiger partial charge < -0.3 is 0 Å². The molecule has 0 aromatic heterocycles. The van der Waals surface area contributed by atoms with Gasteiger partial charge in [0.2, 0.25) is 5.78 Å². The Kier molecular flexibility index (Phi) is 5.01. The summed E-state index contributed by atoms with van der Waals surface area (Å²) in [5.74, 6) is -0.116.